The second kappa shape index (κ2) is 8.11. The molecule has 0 bridgehead atoms. The average molecular weight is 319 g/mol. The minimum Gasteiger partial charge on any atom is -0.435 e. The summed E-state index contributed by atoms with van der Waals surface area (Å²) in [6.45, 7) is 10.4. The molecule has 0 fully saturated rings. The first-order valence-electron chi connectivity index (χ1n) is 6.93. The molecule has 0 amide bonds. The van der Waals surface area contributed by atoms with Gasteiger partial charge in [0.15, 0.2) is 0 Å². The average Bonchev–Trinajstić information content (AvgIpc) is 2.62. The van der Waals surface area contributed by atoms with E-state index < -0.39 is 11.9 Å². The molecule has 0 saturated heterocycles. The molecule has 0 aliphatic heterocycles. The van der Waals surface area contributed by atoms with Crippen molar-refractivity contribution in [1.82, 2.24) is 0 Å². The minimum absolute atomic E-state index is 0.0579. The van der Waals surface area contributed by atoms with E-state index in [-0.39, 0.29) is 17.2 Å². The van der Waals surface area contributed by atoms with Gasteiger partial charge in [0.25, 0.3) is 0 Å². The van der Waals surface area contributed by atoms with Crippen molar-refractivity contribution in [1.29, 1.82) is 0 Å². The van der Waals surface area contributed by atoms with Gasteiger partial charge in [-0.05, 0) is 29.8 Å². The number of carbonyl (C=O) groups is 2. The molecule has 24 heavy (non-hydrogen) atoms. The number of hydrogen-bond acceptors (Lipinski definition) is 4. The maximum Gasteiger partial charge on any atom is 0.336 e. The fraction of sp³-hybridized carbons (Fsp3) is 0. The lowest BCUT2D eigenvalue weighted by molar-refractivity contribution is -0.130. The van der Waals surface area contributed by atoms with Gasteiger partial charge in [0.05, 0.1) is 6.57 Å². The topological polar surface area (TPSA) is 57.0 Å². The Morgan fingerprint density at radius 2 is 1.79 bits per heavy atom. The second-order valence-electron chi connectivity index (χ2n) is 4.53. The minimum atomic E-state index is -0.671. The van der Waals surface area contributed by atoms with E-state index in [1.165, 1.54) is 24.3 Å². The predicted octanol–water partition coefficient (Wildman–Crippen LogP) is 3.95. The zero-order chi connectivity index (χ0) is 17.4. The number of ether oxygens (including phenoxy) is 2. The lowest BCUT2D eigenvalue weighted by Crippen LogP contribution is -2.05. The highest BCUT2D eigenvalue weighted by atomic mass is 16.5. The third-order valence-corrected chi connectivity index (χ3v) is 2.86. The van der Waals surface area contributed by atoms with Crippen LogP contribution in [0.15, 0.2) is 67.3 Å². The summed E-state index contributed by atoms with van der Waals surface area (Å²) in [4.78, 5) is 26.3. The fourth-order valence-electron chi connectivity index (χ4n) is 1.76. The fourth-order valence-corrected chi connectivity index (χ4v) is 1.76. The highest BCUT2D eigenvalue weighted by Crippen LogP contribution is 2.32. The van der Waals surface area contributed by atoms with Crippen LogP contribution in [0.3, 0.4) is 0 Å². The van der Waals surface area contributed by atoms with Crippen LogP contribution in [0, 0.1) is 6.57 Å². The molecular weight excluding hydrogens is 306 g/mol. The van der Waals surface area contributed by atoms with Gasteiger partial charge in [-0.2, -0.15) is 0 Å². The Kier molecular flexibility index (Phi) is 5.65. The summed E-state index contributed by atoms with van der Waals surface area (Å²) in [5.41, 5.74) is 0.922. The molecule has 2 aromatic rings. The molecule has 2 rings (SSSR count). The summed E-state index contributed by atoms with van der Waals surface area (Å²) in [5.74, 6) is -0.988. The lowest BCUT2D eigenvalue weighted by atomic mass is 10.2. The Morgan fingerprint density at radius 1 is 1.04 bits per heavy atom. The molecule has 2 aromatic carbocycles. The van der Waals surface area contributed by atoms with Gasteiger partial charge in [-0.25, -0.2) is 14.4 Å². The molecule has 0 heterocycles. The van der Waals surface area contributed by atoms with E-state index in [1.807, 2.05) is 30.3 Å². The van der Waals surface area contributed by atoms with Gasteiger partial charge in [-0.15, -0.1) is 0 Å². The van der Waals surface area contributed by atoms with Crippen LogP contribution in [0.2, 0.25) is 0 Å². The van der Waals surface area contributed by atoms with Crippen molar-refractivity contribution >= 4 is 23.7 Å². The standard InChI is InChI=1S/C19H13NO4/c1-3-18(21)24-17-11-10-15(13-16(17)20-2)23-19(22)12-9-14-7-5-4-6-8-14/h3-13H,1H2/b12-9+. The molecule has 0 N–H and O–H groups in total. The molecule has 0 atom stereocenters. The maximum absolute atomic E-state index is 11.8. The summed E-state index contributed by atoms with van der Waals surface area (Å²) in [7, 11) is 0. The highest BCUT2D eigenvalue weighted by Gasteiger charge is 2.10. The molecule has 0 radical (unpaired) electrons. The first-order chi connectivity index (χ1) is 11.6. The normalized spacial score (nSPS) is 9.96. The van der Waals surface area contributed by atoms with Crippen LogP contribution < -0.4 is 9.47 Å². The number of benzene rings is 2. The van der Waals surface area contributed by atoms with Crippen LogP contribution >= 0.6 is 0 Å². The number of rotatable bonds is 5. The van der Waals surface area contributed by atoms with Gasteiger partial charge in [0.2, 0.25) is 5.69 Å². The summed E-state index contributed by atoms with van der Waals surface area (Å²) in [6.07, 6.45) is 3.91. The van der Waals surface area contributed by atoms with Crippen LogP contribution in [0.5, 0.6) is 11.5 Å². The largest absolute Gasteiger partial charge is 0.435 e. The van der Waals surface area contributed by atoms with Crippen molar-refractivity contribution in [2.75, 3.05) is 0 Å². The molecule has 5 nitrogen and oxygen atoms in total. The smallest absolute Gasteiger partial charge is 0.336 e. The van der Waals surface area contributed by atoms with Crippen molar-refractivity contribution in [3.05, 3.63) is 84.2 Å². The first kappa shape index (κ1) is 16.7. The molecule has 0 saturated carbocycles. The van der Waals surface area contributed by atoms with Crippen LogP contribution in [0.4, 0.5) is 5.69 Å². The van der Waals surface area contributed by atoms with E-state index in [9.17, 15) is 9.59 Å². The first-order valence-corrected chi connectivity index (χ1v) is 6.93. The summed E-state index contributed by atoms with van der Waals surface area (Å²) in [5, 5.41) is 0. The number of carbonyl (C=O) groups excluding carboxylic acids is 2. The summed E-state index contributed by atoms with van der Waals surface area (Å²) in [6, 6.07) is 13.4. The maximum atomic E-state index is 11.8. The molecule has 0 aliphatic carbocycles. The van der Waals surface area contributed by atoms with Crippen molar-refractivity contribution < 1.29 is 19.1 Å². The highest BCUT2D eigenvalue weighted by molar-refractivity contribution is 5.89. The quantitative estimate of drug-likeness (QED) is 0.362. The van der Waals surface area contributed by atoms with Crippen LogP contribution in [0.25, 0.3) is 10.9 Å². The molecular formula is C19H13NO4. The third kappa shape index (κ3) is 4.68. The van der Waals surface area contributed by atoms with Crippen molar-refractivity contribution in [2.45, 2.75) is 0 Å². The molecule has 0 unspecified atom stereocenters. The zero-order valence-corrected chi connectivity index (χ0v) is 12.6. The molecule has 118 valence electrons. The lowest BCUT2D eigenvalue weighted by Gasteiger charge is -2.06. The third-order valence-electron chi connectivity index (χ3n) is 2.86. The Balaban J connectivity index is 2.08. The Morgan fingerprint density at radius 3 is 2.46 bits per heavy atom. The predicted molar refractivity (Wildman–Crippen MR) is 89.6 cm³/mol. The SMILES string of the molecule is [C-]#[N+]c1cc(OC(=O)/C=C/c2ccccc2)ccc1OC(=O)C=C. The van der Waals surface area contributed by atoms with Gasteiger partial charge in [-0.1, -0.05) is 36.9 Å². The van der Waals surface area contributed by atoms with E-state index >= 15 is 0 Å². The summed E-state index contributed by atoms with van der Waals surface area (Å²) < 4.78 is 10.1. The van der Waals surface area contributed by atoms with Crippen molar-refractivity contribution in [3.63, 3.8) is 0 Å². The molecule has 5 heteroatoms. The van der Waals surface area contributed by atoms with Gasteiger partial charge in [0.1, 0.15) is 11.5 Å². The molecule has 0 aliphatic rings. The second-order valence-corrected chi connectivity index (χ2v) is 4.53. The van der Waals surface area contributed by atoms with E-state index in [1.54, 1.807) is 6.08 Å². The number of nitrogens with zero attached hydrogens (tertiary/aromatic N) is 1. The number of hydrogen-bond donors (Lipinski definition) is 0. The van der Waals surface area contributed by atoms with Crippen LogP contribution in [0.1, 0.15) is 5.56 Å². The van der Waals surface area contributed by atoms with Crippen molar-refractivity contribution in [3.8, 4) is 11.5 Å². The van der Waals surface area contributed by atoms with Crippen LogP contribution in [-0.4, -0.2) is 11.9 Å². The van der Waals surface area contributed by atoms with Gasteiger partial charge in [0, 0.05) is 12.2 Å². The monoisotopic (exact) mass is 319 g/mol. The van der Waals surface area contributed by atoms with E-state index in [2.05, 4.69) is 11.4 Å². The molecule has 0 spiro atoms. The van der Waals surface area contributed by atoms with Gasteiger partial charge >= 0.3 is 11.9 Å². The Labute approximate surface area is 139 Å². The Bertz CT molecular complexity index is 832. The zero-order valence-electron chi connectivity index (χ0n) is 12.6. The van der Waals surface area contributed by atoms with E-state index in [0.29, 0.717) is 0 Å². The van der Waals surface area contributed by atoms with E-state index in [0.717, 1.165) is 11.6 Å². The van der Waals surface area contributed by atoms with Crippen LogP contribution in [-0.2, 0) is 9.59 Å². The van der Waals surface area contributed by atoms with Gasteiger partial charge < -0.3 is 9.47 Å². The Hall–Kier alpha value is -3.65. The van der Waals surface area contributed by atoms with Crippen molar-refractivity contribution in [2.24, 2.45) is 0 Å². The summed E-state index contributed by atoms with van der Waals surface area (Å²) >= 11 is 0. The van der Waals surface area contributed by atoms with E-state index in [4.69, 9.17) is 16.0 Å². The number of esters is 2. The molecule has 0 aromatic heterocycles. The van der Waals surface area contributed by atoms with Gasteiger partial charge in [-0.3, -0.25) is 0 Å².